The van der Waals surface area contributed by atoms with Crippen LogP contribution in [-0.4, -0.2) is 39.8 Å². The molecule has 6 nitrogen and oxygen atoms in total. The smallest absolute Gasteiger partial charge is 0.320 e. The van der Waals surface area contributed by atoms with Gasteiger partial charge in [-0.2, -0.15) is 5.10 Å². The molecule has 1 aliphatic heterocycles. The number of anilines is 1. The molecule has 1 aromatic heterocycles. The second kappa shape index (κ2) is 7.50. The van der Waals surface area contributed by atoms with Gasteiger partial charge in [-0.05, 0) is 43.2 Å². The van der Waals surface area contributed by atoms with E-state index in [9.17, 15) is 4.79 Å². The lowest BCUT2D eigenvalue weighted by Crippen LogP contribution is -2.45. The van der Waals surface area contributed by atoms with Gasteiger partial charge in [0, 0.05) is 38.3 Å². The van der Waals surface area contributed by atoms with Crippen molar-refractivity contribution in [1.29, 1.82) is 0 Å². The van der Waals surface area contributed by atoms with Crippen molar-refractivity contribution in [2.75, 3.05) is 18.4 Å². The van der Waals surface area contributed by atoms with E-state index in [0.717, 1.165) is 44.3 Å². The van der Waals surface area contributed by atoms with E-state index >= 15 is 0 Å². The van der Waals surface area contributed by atoms with Gasteiger partial charge in [-0.25, -0.2) is 9.48 Å². The summed E-state index contributed by atoms with van der Waals surface area (Å²) < 4.78 is 1.89. The predicted molar refractivity (Wildman–Crippen MR) is 102 cm³/mol. The number of amides is 2. The first-order chi connectivity index (χ1) is 12.7. The van der Waals surface area contributed by atoms with Crippen LogP contribution in [0.25, 0.3) is 0 Å². The number of aromatic nitrogens is 2. The van der Waals surface area contributed by atoms with Crippen LogP contribution in [0.15, 0.2) is 36.5 Å². The van der Waals surface area contributed by atoms with Crippen LogP contribution < -0.4 is 10.6 Å². The molecule has 1 saturated carbocycles. The molecule has 0 radical (unpaired) electrons. The zero-order chi connectivity index (χ0) is 17.9. The lowest BCUT2D eigenvalue weighted by atomic mass is 10.00. The lowest BCUT2D eigenvalue weighted by molar-refractivity contribution is 0.221. The fourth-order valence-electron chi connectivity index (χ4n) is 3.65. The molecule has 4 rings (SSSR count). The second-order valence-corrected chi connectivity index (χ2v) is 7.60. The number of hydrogen-bond acceptors (Lipinski definition) is 3. The summed E-state index contributed by atoms with van der Waals surface area (Å²) in [6, 6.07) is 10.4. The molecule has 1 aromatic carbocycles. The van der Waals surface area contributed by atoms with Gasteiger partial charge in [0.2, 0.25) is 0 Å². The lowest BCUT2D eigenvalue weighted by Gasteiger charge is -2.31. The van der Waals surface area contributed by atoms with Crippen molar-refractivity contribution in [1.82, 2.24) is 20.0 Å². The molecule has 2 heterocycles. The van der Waals surface area contributed by atoms with Gasteiger partial charge in [0.05, 0.1) is 6.20 Å². The number of carbonyl (C=O) groups excluding carboxylic acids is 1. The van der Waals surface area contributed by atoms with Crippen molar-refractivity contribution in [2.45, 2.75) is 45.3 Å². The normalized spacial score (nSPS) is 18.2. The third kappa shape index (κ3) is 4.25. The Kier molecular flexibility index (Phi) is 4.93. The molecular formula is C20H27N5O. The highest BCUT2D eigenvalue weighted by molar-refractivity contribution is 5.88. The summed E-state index contributed by atoms with van der Waals surface area (Å²) in [6.07, 6.45) is 5.35. The standard InChI is InChI=1S/C20H27N5O/c1-15(12-24-11-9-17-4-2-3-5-18(17)14-24)22-20(26)23-19-8-10-21-25(19)13-16-6-7-16/h2-5,8,10,15-16H,6-7,9,11-14H2,1H3,(H2,22,23,26). The van der Waals surface area contributed by atoms with Crippen LogP contribution in [0.5, 0.6) is 0 Å². The van der Waals surface area contributed by atoms with Gasteiger partial charge < -0.3 is 5.32 Å². The van der Waals surface area contributed by atoms with E-state index in [1.807, 2.05) is 10.7 Å². The van der Waals surface area contributed by atoms with Crippen molar-refractivity contribution in [3.63, 3.8) is 0 Å². The minimum absolute atomic E-state index is 0.0834. The summed E-state index contributed by atoms with van der Waals surface area (Å²) in [6.45, 7) is 5.80. The van der Waals surface area contributed by atoms with Crippen molar-refractivity contribution in [2.24, 2.45) is 5.92 Å². The summed E-state index contributed by atoms with van der Waals surface area (Å²) in [5.74, 6) is 1.49. The Hall–Kier alpha value is -2.34. The number of nitrogens with one attached hydrogen (secondary N) is 2. The maximum Gasteiger partial charge on any atom is 0.320 e. The maximum atomic E-state index is 12.3. The first kappa shape index (κ1) is 17.1. The van der Waals surface area contributed by atoms with Gasteiger partial charge in [-0.1, -0.05) is 24.3 Å². The van der Waals surface area contributed by atoms with E-state index < -0.39 is 0 Å². The summed E-state index contributed by atoms with van der Waals surface area (Å²) in [5, 5.41) is 10.3. The van der Waals surface area contributed by atoms with Crippen LogP contribution in [0.1, 0.15) is 30.9 Å². The minimum atomic E-state index is -0.160. The van der Waals surface area contributed by atoms with Crippen molar-refractivity contribution >= 4 is 11.8 Å². The van der Waals surface area contributed by atoms with E-state index in [4.69, 9.17) is 0 Å². The van der Waals surface area contributed by atoms with Crippen LogP contribution in [0.3, 0.4) is 0 Å². The molecule has 0 spiro atoms. The zero-order valence-corrected chi connectivity index (χ0v) is 15.3. The quantitative estimate of drug-likeness (QED) is 0.839. The molecule has 1 unspecified atom stereocenters. The topological polar surface area (TPSA) is 62.2 Å². The number of fused-ring (bicyclic) bond motifs is 1. The minimum Gasteiger partial charge on any atom is -0.334 e. The van der Waals surface area contributed by atoms with Crippen molar-refractivity contribution < 1.29 is 4.79 Å². The van der Waals surface area contributed by atoms with Crippen LogP contribution >= 0.6 is 0 Å². The fraction of sp³-hybridized carbons (Fsp3) is 0.500. The maximum absolute atomic E-state index is 12.3. The molecule has 1 fully saturated rings. The highest BCUT2D eigenvalue weighted by Crippen LogP contribution is 2.31. The second-order valence-electron chi connectivity index (χ2n) is 7.60. The molecule has 2 N–H and O–H groups in total. The Morgan fingerprint density at radius 1 is 1.27 bits per heavy atom. The Balaban J connectivity index is 1.26. The SMILES string of the molecule is CC(CN1CCc2ccccc2C1)NC(=O)Nc1ccnn1CC1CC1. The monoisotopic (exact) mass is 353 g/mol. The highest BCUT2D eigenvalue weighted by atomic mass is 16.2. The first-order valence-corrected chi connectivity index (χ1v) is 9.56. The third-order valence-electron chi connectivity index (χ3n) is 5.21. The zero-order valence-electron chi connectivity index (χ0n) is 15.3. The van der Waals surface area contributed by atoms with E-state index in [1.165, 1.54) is 24.0 Å². The molecule has 0 saturated heterocycles. The average Bonchev–Trinajstić information content (AvgIpc) is 3.34. The molecule has 26 heavy (non-hydrogen) atoms. The molecule has 2 aromatic rings. The van der Waals surface area contributed by atoms with Gasteiger partial charge >= 0.3 is 6.03 Å². The molecule has 6 heteroatoms. The molecule has 138 valence electrons. The van der Waals surface area contributed by atoms with E-state index in [1.54, 1.807) is 6.20 Å². The number of urea groups is 1. The van der Waals surface area contributed by atoms with E-state index in [0.29, 0.717) is 0 Å². The number of benzene rings is 1. The fourth-order valence-corrected chi connectivity index (χ4v) is 3.65. The molecule has 0 bridgehead atoms. The van der Waals surface area contributed by atoms with Crippen LogP contribution in [0.2, 0.25) is 0 Å². The number of carbonyl (C=O) groups is 1. The largest absolute Gasteiger partial charge is 0.334 e. The summed E-state index contributed by atoms with van der Waals surface area (Å²) in [7, 11) is 0. The van der Waals surface area contributed by atoms with Gasteiger partial charge in [0.25, 0.3) is 0 Å². The van der Waals surface area contributed by atoms with Gasteiger partial charge in [-0.3, -0.25) is 10.2 Å². The Morgan fingerprint density at radius 3 is 2.88 bits per heavy atom. The molecule has 1 aliphatic carbocycles. The van der Waals surface area contributed by atoms with E-state index in [2.05, 4.69) is 51.8 Å². The van der Waals surface area contributed by atoms with Gasteiger partial charge in [0.15, 0.2) is 0 Å². The molecular weight excluding hydrogens is 326 g/mol. The van der Waals surface area contributed by atoms with Crippen molar-refractivity contribution in [3.05, 3.63) is 47.7 Å². The molecule has 2 aliphatic rings. The van der Waals surface area contributed by atoms with Gasteiger partial charge in [0.1, 0.15) is 5.82 Å². The predicted octanol–water partition coefficient (Wildman–Crippen LogP) is 2.86. The molecule has 2 amide bonds. The van der Waals surface area contributed by atoms with Crippen LogP contribution in [-0.2, 0) is 19.5 Å². The third-order valence-corrected chi connectivity index (χ3v) is 5.21. The summed E-state index contributed by atoms with van der Waals surface area (Å²) >= 11 is 0. The van der Waals surface area contributed by atoms with Crippen LogP contribution in [0, 0.1) is 5.92 Å². The first-order valence-electron chi connectivity index (χ1n) is 9.56. The Labute approximate surface area is 154 Å². The Bertz CT molecular complexity index is 767. The number of nitrogens with zero attached hydrogens (tertiary/aromatic N) is 3. The highest BCUT2D eigenvalue weighted by Gasteiger charge is 2.23. The van der Waals surface area contributed by atoms with Gasteiger partial charge in [-0.15, -0.1) is 0 Å². The Morgan fingerprint density at radius 2 is 2.08 bits per heavy atom. The summed E-state index contributed by atoms with van der Waals surface area (Å²) in [5.41, 5.74) is 2.85. The summed E-state index contributed by atoms with van der Waals surface area (Å²) in [4.78, 5) is 14.7. The number of rotatable bonds is 6. The van der Waals surface area contributed by atoms with E-state index in [-0.39, 0.29) is 12.1 Å². The number of hydrogen-bond donors (Lipinski definition) is 2. The van der Waals surface area contributed by atoms with Crippen molar-refractivity contribution in [3.8, 4) is 0 Å². The molecule has 1 atom stereocenters. The van der Waals surface area contributed by atoms with Crippen LogP contribution in [0.4, 0.5) is 10.6 Å². The average molecular weight is 353 g/mol.